The Bertz CT molecular complexity index is 577. The summed E-state index contributed by atoms with van der Waals surface area (Å²) in [5, 5.41) is 9.17. The molecule has 1 aliphatic heterocycles. The van der Waals surface area contributed by atoms with Gasteiger partial charge in [0.1, 0.15) is 11.4 Å². The molecule has 1 fully saturated rings. The first-order chi connectivity index (χ1) is 10.9. The first kappa shape index (κ1) is 18.0. The summed E-state index contributed by atoms with van der Waals surface area (Å²) in [6.07, 6.45) is 0. The summed E-state index contributed by atoms with van der Waals surface area (Å²) in [6.45, 7) is 1.78. The van der Waals surface area contributed by atoms with Crippen molar-refractivity contribution >= 4 is 42.0 Å². The highest BCUT2D eigenvalue weighted by Crippen LogP contribution is 2.42. The monoisotopic (exact) mass is 354 g/mol. The van der Waals surface area contributed by atoms with Crippen LogP contribution in [0, 0.1) is 5.92 Å². The SMILES string of the molecule is C[C@@H](CS)C(=O)N1C(c2ccc(N(C)C)cc2)SC[C@H]1C(=O)O. The van der Waals surface area contributed by atoms with Crippen molar-refractivity contribution in [3.05, 3.63) is 29.8 Å². The lowest BCUT2D eigenvalue weighted by molar-refractivity contribution is -0.150. The lowest BCUT2D eigenvalue weighted by atomic mass is 10.1. The van der Waals surface area contributed by atoms with E-state index in [9.17, 15) is 14.7 Å². The molecule has 7 heteroatoms. The van der Waals surface area contributed by atoms with Gasteiger partial charge in [-0.25, -0.2) is 4.79 Å². The van der Waals surface area contributed by atoms with Gasteiger partial charge in [0.15, 0.2) is 0 Å². The van der Waals surface area contributed by atoms with Crippen molar-refractivity contribution in [2.24, 2.45) is 5.92 Å². The highest BCUT2D eigenvalue weighted by atomic mass is 32.2. The first-order valence-electron chi connectivity index (χ1n) is 7.41. The quantitative estimate of drug-likeness (QED) is 0.795. The Kier molecular flexibility index (Phi) is 5.86. The molecule has 0 spiro atoms. The molecule has 0 saturated carbocycles. The van der Waals surface area contributed by atoms with Crippen LogP contribution < -0.4 is 4.90 Å². The van der Waals surface area contributed by atoms with Crippen molar-refractivity contribution in [1.82, 2.24) is 4.90 Å². The molecule has 5 nitrogen and oxygen atoms in total. The number of amides is 1. The summed E-state index contributed by atoms with van der Waals surface area (Å²) in [4.78, 5) is 27.7. The molecule has 1 saturated heterocycles. The molecule has 1 unspecified atom stereocenters. The zero-order valence-corrected chi connectivity index (χ0v) is 15.2. The van der Waals surface area contributed by atoms with Gasteiger partial charge in [0.05, 0.1) is 0 Å². The Morgan fingerprint density at radius 3 is 2.48 bits per heavy atom. The van der Waals surface area contributed by atoms with E-state index in [0.717, 1.165) is 11.3 Å². The molecule has 126 valence electrons. The van der Waals surface area contributed by atoms with Crippen LogP contribution in [0.1, 0.15) is 17.9 Å². The van der Waals surface area contributed by atoms with Crippen LogP contribution >= 0.6 is 24.4 Å². The highest BCUT2D eigenvalue weighted by Gasteiger charge is 2.43. The molecule has 3 atom stereocenters. The Hall–Kier alpha value is -1.34. The van der Waals surface area contributed by atoms with E-state index >= 15 is 0 Å². The number of nitrogens with zero attached hydrogens (tertiary/aromatic N) is 2. The molecule has 2 rings (SSSR count). The number of rotatable bonds is 5. The minimum absolute atomic E-state index is 0.154. The summed E-state index contributed by atoms with van der Waals surface area (Å²) < 4.78 is 0. The minimum atomic E-state index is -0.954. The Balaban J connectivity index is 2.31. The van der Waals surface area contributed by atoms with E-state index < -0.39 is 12.0 Å². The van der Waals surface area contributed by atoms with Crippen LogP contribution in [0.15, 0.2) is 24.3 Å². The fourth-order valence-corrected chi connectivity index (χ4v) is 4.08. The minimum Gasteiger partial charge on any atom is -0.480 e. The molecule has 1 aromatic rings. The van der Waals surface area contributed by atoms with Crippen LogP contribution in [0.5, 0.6) is 0 Å². The maximum absolute atomic E-state index is 12.6. The third-order valence-corrected chi connectivity index (χ3v) is 5.80. The second-order valence-corrected chi connectivity index (χ2v) is 7.33. The van der Waals surface area contributed by atoms with Crippen LogP contribution in [0.2, 0.25) is 0 Å². The summed E-state index contributed by atoms with van der Waals surface area (Å²) in [5.74, 6) is -0.606. The molecule has 0 radical (unpaired) electrons. The van der Waals surface area contributed by atoms with Crippen molar-refractivity contribution < 1.29 is 14.7 Å². The van der Waals surface area contributed by atoms with Crippen molar-refractivity contribution in [3.8, 4) is 0 Å². The van der Waals surface area contributed by atoms with E-state index in [1.165, 1.54) is 16.7 Å². The van der Waals surface area contributed by atoms with Crippen LogP contribution in [0.4, 0.5) is 5.69 Å². The zero-order valence-electron chi connectivity index (χ0n) is 13.5. The summed E-state index contributed by atoms with van der Waals surface area (Å²) in [7, 11) is 3.92. The normalized spacial score (nSPS) is 22.0. The topological polar surface area (TPSA) is 60.9 Å². The van der Waals surface area contributed by atoms with Gasteiger partial charge >= 0.3 is 5.97 Å². The fourth-order valence-electron chi connectivity index (χ4n) is 2.49. The number of carboxylic acids is 1. The fraction of sp³-hybridized carbons (Fsp3) is 0.500. The Labute approximate surface area is 146 Å². The lowest BCUT2D eigenvalue weighted by Gasteiger charge is -2.30. The average Bonchev–Trinajstić information content (AvgIpc) is 2.98. The molecule has 1 N–H and O–H groups in total. The average molecular weight is 354 g/mol. The van der Waals surface area contributed by atoms with Crippen molar-refractivity contribution in [2.75, 3.05) is 30.5 Å². The van der Waals surface area contributed by atoms with Crippen LogP contribution in [-0.4, -0.2) is 53.5 Å². The predicted molar refractivity (Wildman–Crippen MR) is 97.3 cm³/mol. The maximum Gasteiger partial charge on any atom is 0.327 e. The lowest BCUT2D eigenvalue weighted by Crippen LogP contribution is -2.45. The molecule has 1 aromatic carbocycles. The zero-order chi connectivity index (χ0) is 17.1. The van der Waals surface area contributed by atoms with Gasteiger partial charge in [-0.2, -0.15) is 12.6 Å². The van der Waals surface area contributed by atoms with E-state index in [2.05, 4.69) is 12.6 Å². The van der Waals surface area contributed by atoms with Gasteiger partial charge in [-0.05, 0) is 17.7 Å². The molecule has 23 heavy (non-hydrogen) atoms. The number of carbonyl (C=O) groups excluding carboxylic acids is 1. The number of thiol groups is 1. The number of benzene rings is 1. The van der Waals surface area contributed by atoms with E-state index in [1.807, 2.05) is 43.3 Å². The number of carbonyl (C=O) groups is 2. The summed E-state index contributed by atoms with van der Waals surface area (Å²) >= 11 is 5.67. The van der Waals surface area contributed by atoms with Gasteiger partial charge in [-0.15, -0.1) is 11.8 Å². The summed E-state index contributed by atoms with van der Waals surface area (Å²) in [5.41, 5.74) is 2.01. The molecule has 1 heterocycles. The molecule has 0 aromatic heterocycles. The van der Waals surface area contributed by atoms with Gasteiger partial charge in [0.25, 0.3) is 0 Å². The number of hydrogen-bond acceptors (Lipinski definition) is 5. The van der Waals surface area contributed by atoms with Gasteiger partial charge in [0.2, 0.25) is 5.91 Å². The predicted octanol–water partition coefficient (Wildman–Crippen LogP) is 2.35. The number of aliphatic carboxylic acids is 1. The van der Waals surface area contributed by atoms with Gasteiger partial charge in [-0.1, -0.05) is 19.1 Å². The first-order valence-corrected chi connectivity index (χ1v) is 9.09. The number of hydrogen-bond donors (Lipinski definition) is 2. The van der Waals surface area contributed by atoms with Gasteiger partial charge in [0, 0.05) is 37.2 Å². The Morgan fingerprint density at radius 1 is 1.39 bits per heavy atom. The number of thioether (sulfide) groups is 1. The summed E-state index contributed by atoms with van der Waals surface area (Å²) in [6, 6.07) is 7.10. The third kappa shape index (κ3) is 3.77. The highest BCUT2D eigenvalue weighted by molar-refractivity contribution is 7.99. The van der Waals surface area contributed by atoms with Crippen molar-refractivity contribution in [2.45, 2.75) is 18.3 Å². The van der Waals surface area contributed by atoms with Crippen LogP contribution in [-0.2, 0) is 9.59 Å². The molecule has 1 aliphatic rings. The smallest absolute Gasteiger partial charge is 0.327 e. The van der Waals surface area contributed by atoms with Crippen molar-refractivity contribution in [1.29, 1.82) is 0 Å². The third-order valence-electron chi connectivity index (χ3n) is 3.93. The van der Waals surface area contributed by atoms with E-state index in [-0.39, 0.29) is 17.2 Å². The van der Waals surface area contributed by atoms with Crippen LogP contribution in [0.25, 0.3) is 0 Å². The molecule has 1 amide bonds. The maximum atomic E-state index is 12.6. The second-order valence-electron chi connectivity index (χ2n) is 5.85. The largest absolute Gasteiger partial charge is 0.480 e. The number of anilines is 1. The molecule has 0 bridgehead atoms. The van der Waals surface area contributed by atoms with E-state index in [0.29, 0.717) is 11.5 Å². The second kappa shape index (κ2) is 7.49. The van der Waals surface area contributed by atoms with Gasteiger partial charge in [-0.3, -0.25) is 4.79 Å². The standard InChI is InChI=1S/C16H22N2O3S2/c1-10(8-22)14(19)18-13(16(20)21)9-23-15(18)11-4-6-12(7-5-11)17(2)3/h4-7,10,13,15,22H,8-9H2,1-3H3,(H,20,21)/t10-,13-,15?/m0/s1. The van der Waals surface area contributed by atoms with E-state index in [1.54, 1.807) is 6.92 Å². The number of carboxylic acid groups (broad SMARTS) is 1. The molecular weight excluding hydrogens is 332 g/mol. The molecular formula is C16H22N2O3S2. The van der Waals surface area contributed by atoms with Crippen molar-refractivity contribution in [3.63, 3.8) is 0 Å². The van der Waals surface area contributed by atoms with E-state index in [4.69, 9.17) is 0 Å². The van der Waals surface area contributed by atoms with Gasteiger partial charge < -0.3 is 14.9 Å². The molecule has 0 aliphatic carbocycles. The Morgan fingerprint density at radius 2 is 2.00 bits per heavy atom. The van der Waals surface area contributed by atoms with Crippen LogP contribution in [0.3, 0.4) is 0 Å².